The number of benzene rings is 1. The molecule has 6 heteroatoms. The first kappa shape index (κ1) is 12.1. The van der Waals surface area contributed by atoms with Crippen LogP contribution in [-0.4, -0.2) is 17.7 Å². The summed E-state index contributed by atoms with van der Waals surface area (Å²) in [6, 6.07) is 4.03. The van der Waals surface area contributed by atoms with Crippen LogP contribution in [0.5, 0.6) is 0 Å². The van der Waals surface area contributed by atoms with Crippen molar-refractivity contribution in [3.8, 4) is 0 Å². The Labute approximate surface area is 97.0 Å². The number of nitrogens with one attached hydrogen (secondary N) is 1. The standard InChI is InChI=1S/C9H10Cl2N2O2/c10-5-1-2-6(7(11)3-5)8(14)4-13-9(12)15/h1-3,8,14H,4H2,(H3,12,13,15). The molecule has 0 bridgehead atoms. The maximum atomic E-state index is 10.4. The molecule has 1 rings (SSSR count). The van der Waals surface area contributed by atoms with Crippen molar-refractivity contribution in [3.63, 3.8) is 0 Å². The predicted octanol–water partition coefficient (Wildman–Crippen LogP) is 1.70. The number of rotatable bonds is 3. The van der Waals surface area contributed by atoms with Crippen LogP contribution in [0.3, 0.4) is 0 Å². The fourth-order valence-electron chi connectivity index (χ4n) is 1.08. The second-order valence-electron chi connectivity index (χ2n) is 2.93. The highest BCUT2D eigenvalue weighted by atomic mass is 35.5. The van der Waals surface area contributed by atoms with E-state index in [0.717, 1.165) is 0 Å². The third kappa shape index (κ3) is 3.58. The Morgan fingerprint density at radius 2 is 2.20 bits per heavy atom. The van der Waals surface area contributed by atoms with Gasteiger partial charge in [-0.3, -0.25) is 0 Å². The van der Waals surface area contributed by atoms with E-state index < -0.39 is 12.1 Å². The molecule has 0 spiro atoms. The van der Waals surface area contributed by atoms with Crippen molar-refractivity contribution in [3.05, 3.63) is 33.8 Å². The Balaban J connectivity index is 2.73. The number of nitrogens with two attached hydrogens (primary N) is 1. The zero-order valence-corrected chi connectivity index (χ0v) is 9.22. The average Bonchev–Trinajstić information content (AvgIpc) is 2.14. The number of carbonyl (C=O) groups excluding carboxylic acids is 1. The summed E-state index contributed by atoms with van der Waals surface area (Å²) in [6.45, 7) is 0.0106. The van der Waals surface area contributed by atoms with E-state index in [1.807, 2.05) is 0 Å². The van der Waals surface area contributed by atoms with E-state index in [9.17, 15) is 9.90 Å². The van der Waals surface area contributed by atoms with Crippen LogP contribution >= 0.6 is 23.2 Å². The van der Waals surface area contributed by atoms with Gasteiger partial charge in [-0.05, 0) is 12.1 Å². The molecule has 4 nitrogen and oxygen atoms in total. The Kier molecular flexibility index (Phi) is 4.20. The topological polar surface area (TPSA) is 75.4 Å². The molecular formula is C9H10Cl2N2O2. The molecule has 0 aromatic heterocycles. The van der Waals surface area contributed by atoms with Crippen LogP contribution < -0.4 is 11.1 Å². The van der Waals surface area contributed by atoms with Crippen molar-refractivity contribution in [2.75, 3.05) is 6.54 Å². The largest absolute Gasteiger partial charge is 0.387 e. The van der Waals surface area contributed by atoms with Gasteiger partial charge in [0.15, 0.2) is 0 Å². The third-order valence-electron chi connectivity index (χ3n) is 1.79. The van der Waals surface area contributed by atoms with Gasteiger partial charge in [0, 0.05) is 22.2 Å². The number of primary amides is 1. The minimum atomic E-state index is -0.901. The molecule has 0 aliphatic heterocycles. The summed E-state index contributed by atoms with van der Waals surface area (Å²) >= 11 is 11.5. The number of aliphatic hydroxyl groups excluding tert-OH is 1. The van der Waals surface area contributed by atoms with Crippen LogP contribution in [0.15, 0.2) is 18.2 Å². The molecule has 0 saturated heterocycles. The normalized spacial score (nSPS) is 12.2. The minimum absolute atomic E-state index is 0.0106. The molecule has 0 heterocycles. The number of aliphatic hydroxyl groups is 1. The first-order valence-corrected chi connectivity index (χ1v) is 4.92. The van der Waals surface area contributed by atoms with Gasteiger partial charge in [0.05, 0.1) is 6.10 Å². The highest BCUT2D eigenvalue weighted by Crippen LogP contribution is 2.25. The lowest BCUT2D eigenvalue weighted by Crippen LogP contribution is -2.32. The summed E-state index contributed by atoms with van der Waals surface area (Å²) in [5.74, 6) is 0. The monoisotopic (exact) mass is 248 g/mol. The first-order valence-electron chi connectivity index (χ1n) is 4.17. The predicted molar refractivity (Wildman–Crippen MR) is 59.0 cm³/mol. The molecule has 1 aromatic rings. The van der Waals surface area contributed by atoms with Gasteiger partial charge >= 0.3 is 6.03 Å². The average molecular weight is 249 g/mol. The van der Waals surface area contributed by atoms with E-state index in [4.69, 9.17) is 28.9 Å². The number of hydrogen-bond donors (Lipinski definition) is 3. The summed E-state index contributed by atoms with van der Waals surface area (Å²) in [5, 5.41) is 12.8. The molecular weight excluding hydrogens is 239 g/mol. The SMILES string of the molecule is NC(=O)NCC(O)c1ccc(Cl)cc1Cl. The van der Waals surface area contributed by atoms with E-state index >= 15 is 0 Å². The van der Waals surface area contributed by atoms with Gasteiger partial charge in [0.25, 0.3) is 0 Å². The molecule has 4 N–H and O–H groups in total. The lowest BCUT2D eigenvalue weighted by atomic mass is 10.1. The molecule has 0 aliphatic rings. The van der Waals surface area contributed by atoms with Gasteiger partial charge in [0.1, 0.15) is 0 Å². The van der Waals surface area contributed by atoms with Crippen molar-refractivity contribution >= 4 is 29.2 Å². The zero-order valence-electron chi connectivity index (χ0n) is 7.71. The van der Waals surface area contributed by atoms with Crippen molar-refractivity contribution in [2.45, 2.75) is 6.10 Å². The molecule has 1 aromatic carbocycles. The fraction of sp³-hybridized carbons (Fsp3) is 0.222. The molecule has 1 atom stereocenters. The highest BCUT2D eigenvalue weighted by molar-refractivity contribution is 6.35. The van der Waals surface area contributed by atoms with Crippen molar-refractivity contribution in [2.24, 2.45) is 5.73 Å². The van der Waals surface area contributed by atoms with E-state index in [0.29, 0.717) is 15.6 Å². The number of hydrogen-bond acceptors (Lipinski definition) is 2. The summed E-state index contributed by atoms with van der Waals surface area (Å²) in [7, 11) is 0. The zero-order chi connectivity index (χ0) is 11.4. The summed E-state index contributed by atoms with van der Waals surface area (Å²) in [6.07, 6.45) is -0.901. The van der Waals surface area contributed by atoms with Crippen LogP contribution in [-0.2, 0) is 0 Å². The summed E-state index contributed by atoms with van der Waals surface area (Å²) < 4.78 is 0. The lowest BCUT2D eigenvalue weighted by molar-refractivity contribution is 0.174. The molecule has 1 unspecified atom stereocenters. The summed E-state index contributed by atoms with van der Waals surface area (Å²) in [4.78, 5) is 10.4. The van der Waals surface area contributed by atoms with Crippen LogP contribution in [0.25, 0.3) is 0 Å². The number of amides is 2. The quantitative estimate of drug-likeness (QED) is 0.762. The van der Waals surface area contributed by atoms with Crippen LogP contribution in [0.1, 0.15) is 11.7 Å². The summed E-state index contributed by atoms with van der Waals surface area (Å²) in [5.41, 5.74) is 5.36. The second-order valence-corrected chi connectivity index (χ2v) is 3.77. The third-order valence-corrected chi connectivity index (χ3v) is 2.35. The molecule has 2 amide bonds. The molecule has 82 valence electrons. The van der Waals surface area contributed by atoms with Gasteiger partial charge < -0.3 is 16.2 Å². The van der Waals surface area contributed by atoms with E-state index in [1.165, 1.54) is 6.07 Å². The maximum absolute atomic E-state index is 10.4. The Hall–Kier alpha value is -0.970. The van der Waals surface area contributed by atoms with Crippen LogP contribution in [0, 0.1) is 0 Å². The minimum Gasteiger partial charge on any atom is -0.387 e. The molecule has 15 heavy (non-hydrogen) atoms. The van der Waals surface area contributed by atoms with Gasteiger partial charge in [-0.2, -0.15) is 0 Å². The second kappa shape index (κ2) is 5.21. The van der Waals surface area contributed by atoms with Crippen molar-refractivity contribution < 1.29 is 9.90 Å². The van der Waals surface area contributed by atoms with Crippen LogP contribution in [0.4, 0.5) is 4.79 Å². The van der Waals surface area contributed by atoms with Crippen LogP contribution in [0.2, 0.25) is 10.0 Å². The van der Waals surface area contributed by atoms with E-state index in [1.54, 1.807) is 12.1 Å². The van der Waals surface area contributed by atoms with Gasteiger partial charge in [0.2, 0.25) is 0 Å². The fourth-order valence-corrected chi connectivity index (χ4v) is 1.61. The van der Waals surface area contributed by atoms with E-state index in [2.05, 4.69) is 5.32 Å². The van der Waals surface area contributed by atoms with Gasteiger partial charge in [-0.1, -0.05) is 29.3 Å². The first-order chi connectivity index (χ1) is 7.00. The molecule has 0 radical (unpaired) electrons. The Bertz CT molecular complexity index is 371. The van der Waals surface area contributed by atoms with E-state index in [-0.39, 0.29) is 6.54 Å². The smallest absolute Gasteiger partial charge is 0.312 e. The molecule has 0 fully saturated rings. The molecule has 0 saturated carbocycles. The maximum Gasteiger partial charge on any atom is 0.312 e. The molecule has 0 aliphatic carbocycles. The van der Waals surface area contributed by atoms with Gasteiger partial charge in [-0.15, -0.1) is 0 Å². The van der Waals surface area contributed by atoms with Crippen molar-refractivity contribution in [1.29, 1.82) is 0 Å². The Morgan fingerprint density at radius 1 is 1.53 bits per heavy atom. The number of halogens is 2. The van der Waals surface area contributed by atoms with Crippen molar-refractivity contribution in [1.82, 2.24) is 5.32 Å². The lowest BCUT2D eigenvalue weighted by Gasteiger charge is -2.12. The Morgan fingerprint density at radius 3 is 2.73 bits per heavy atom. The highest BCUT2D eigenvalue weighted by Gasteiger charge is 2.12. The number of carbonyl (C=O) groups is 1. The van der Waals surface area contributed by atoms with Gasteiger partial charge in [-0.25, -0.2) is 4.79 Å². The number of urea groups is 1.